The lowest BCUT2D eigenvalue weighted by Gasteiger charge is -2.28. The molecule has 0 saturated carbocycles. The van der Waals surface area contributed by atoms with Crippen LogP contribution in [0.5, 0.6) is 0 Å². The number of H-pyrrole nitrogens is 1. The maximum absolute atomic E-state index is 12.4. The van der Waals surface area contributed by atoms with Gasteiger partial charge in [-0.1, -0.05) is 13.0 Å². The van der Waals surface area contributed by atoms with Crippen LogP contribution in [0.1, 0.15) is 48.3 Å². The summed E-state index contributed by atoms with van der Waals surface area (Å²) in [6.07, 6.45) is 1.32. The van der Waals surface area contributed by atoms with Gasteiger partial charge >= 0.3 is 0 Å². The molecule has 4 nitrogen and oxygen atoms in total. The van der Waals surface area contributed by atoms with Crippen molar-refractivity contribution < 1.29 is 9.90 Å². The van der Waals surface area contributed by atoms with Crippen LogP contribution in [0.25, 0.3) is 10.9 Å². The van der Waals surface area contributed by atoms with Gasteiger partial charge in [-0.2, -0.15) is 0 Å². The van der Waals surface area contributed by atoms with Gasteiger partial charge in [0.1, 0.15) is 5.69 Å². The molecule has 2 aromatic rings. The Bertz CT molecular complexity index is 660. The van der Waals surface area contributed by atoms with Crippen LogP contribution in [-0.4, -0.2) is 28.1 Å². The van der Waals surface area contributed by atoms with Crippen LogP contribution < -0.4 is 5.32 Å². The second-order valence-electron chi connectivity index (χ2n) is 5.99. The number of amides is 1. The maximum Gasteiger partial charge on any atom is 0.268 e. The third-order valence-corrected chi connectivity index (χ3v) is 4.45. The van der Waals surface area contributed by atoms with E-state index in [1.54, 1.807) is 0 Å². The van der Waals surface area contributed by atoms with Crippen molar-refractivity contribution in [3.05, 3.63) is 35.0 Å². The Morgan fingerprint density at radius 2 is 2.10 bits per heavy atom. The smallest absolute Gasteiger partial charge is 0.268 e. The van der Waals surface area contributed by atoms with E-state index in [-0.39, 0.29) is 18.1 Å². The van der Waals surface area contributed by atoms with E-state index < -0.39 is 0 Å². The van der Waals surface area contributed by atoms with Crippen LogP contribution in [0.2, 0.25) is 0 Å². The SMILES string of the molecule is CCC(C)(CCO)NC(=O)c1cc2c(C)c(C)ccc2[nH]1. The van der Waals surface area contributed by atoms with E-state index in [0.717, 1.165) is 17.3 Å². The quantitative estimate of drug-likeness (QED) is 0.791. The predicted octanol–water partition coefficient (Wildman–Crippen LogP) is 3.07. The van der Waals surface area contributed by atoms with Crippen molar-refractivity contribution in [2.24, 2.45) is 0 Å². The van der Waals surface area contributed by atoms with Crippen LogP contribution >= 0.6 is 0 Å². The van der Waals surface area contributed by atoms with Crippen molar-refractivity contribution in [2.75, 3.05) is 6.61 Å². The van der Waals surface area contributed by atoms with Crippen molar-refractivity contribution in [1.29, 1.82) is 0 Å². The number of aromatic nitrogens is 1. The Balaban J connectivity index is 2.30. The maximum atomic E-state index is 12.4. The predicted molar refractivity (Wildman–Crippen MR) is 85.6 cm³/mol. The van der Waals surface area contributed by atoms with Crippen molar-refractivity contribution in [3.8, 4) is 0 Å². The number of aryl methyl sites for hydroxylation is 2. The molecule has 1 aromatic heterocycles. The van der Waals surface area contributed by atoms with Gasteiger partial charge in [0, 0.05) is 23.0 Å². The van der Waals surface area contributed by atoms with E-state index in [4.69, 9.17) is 5.11 Å². The third kappa shape index (κ3) is 3.10. The molecule has 3 N–H and O–H groups in total. The van der Waals surface area contributed by atoms with E-state index >= 15 is 0 Å². The normalized spacial score (nSPS) is 14.1. The van der Waals surface area contributed by atoms with E-state index in [1.807, 2.05) is 26.0 Å². The molecular weight excluding hydrogens is 264 g/mol. The molecule has 0 fully saturated rings. The zero-order valence-corrected chi connectivity index (χ0v) is 13.2. The van der Waals surface area contributed by atoms with Gasteiger partial charge < -0.3 is 15.4 Å². The zero-order chi connectivity index (χ0) is 15.6. The van der Waals surface area contributed by atoms with E-state index in [0.29, 0.717) is 12.1 Å². The summed E-state index contributed by atoms with van der Waals surface area (Å²) in [6, 6.07) is 5.96. The van der Waals surface area contributed by atoms with Crippen LogP contribution in [0.3, 0.4) is 0 Å². The largest absolute Gasteiger partial charge is 0.396 e. The van der Waals surface area contributed by atoms with Gasteiger partial charge in [-0.15, -0.1) is 0 Å². The molecule has 114 valence electrons. The summed E-state index contributed by atoms with van der Waals surface area (Å²) in [4.78, 5) is 15.6. The highest BCUT2D eigenvalue weighted by atomic mass is 16.3. The molecule has 0 spiro atoms. The zero-order valence-electron chi connectivity index (χ0n) is 13.2. The number of aliphatic hydroxyl groups excluding tert-OH is 1. The number of aliphatic hydroxyl groups is 1. The third-order valence-electron chi connectivity index (χ3n) is 4.45. The van der Waals surface area contributed by atoms with Crippen LogP contribution in [0.4, 0.5) is 0 Å². The molecule has 1 atom stereocenters. The first-order valence-electron chi connectivity index (χ1n) is 7.42. The van der Waals surface area contributed by atoms with E-state index in [9.17, 15) is 4.79 Å². The molecule has 1 aromatic carbocycles. The second-order valence-corrected chi connectivity index (χ2v) is 5.99. The molecule has 0 aliphatic carbocycles. The Hall–Kier alpha value is -1.81. The number of hydrogen-bond donors (Lipinski definition) is 3. The number of fused-ring (bicyclic) bond motifs is 1. The van der Waals surface area contributed by atoms with Crippen molar-refractivity contribution in [2.45, 2.75) is 46.1 Å². The lowest BCUT2D eigenvalue weighted by Crippen LogP contribution is -2.46. The number of nitrogens with one attached hydrogen (secondary N) is 2. The lowest BCUT2D eigenvalue weighted by molar-refractivity contribution is 0.0882. The molecule has 1 unspecified atom stereocenters. The fourth-order valence-electron chi connectivity index (χ4n) is 2.50. The molecular formula is C17H24N2O2. The number of carbonyl (C=O) groups is 1. The summed E-state index contributed by atoms with van der Waals surface area (Å²) in [6.45, 7) is 8.16. The topological polar surface area (TPSA) is 65.1 Å². The van der Waals surface area contributed by atoms with E-state index in [2.05, 4.69) is 30.2 Å². The molecule has 4 heteroatoms. The first-order chi connectivity index (χ1) is 9.90. The van der Waals surface area contributed by atoms with E-state index in [1.165, 1.54) is 11.1 Å². The average Bonchev–Trinajstić information content (AvgIpc) is 2.88. The minimum atomic E-state index is -0.381. The van der Waals surface area contributed by atoms with Gasteiger partial charge in [-0.3, -0.25) is 4.79 Å². The number of rotatable bonds is 5. The summed E-state index contributed by atoms with van der Waals surface area (Å²) >= 11 is 0. The summed E-state index contributed by atoms with van der Waals surface area (Å²) < 4.78 is 0. The molecule has 0 aliphatic rings. The molecule has 2 rings (SSSR count). The van der Waals surface area contributed by atoms with Gasteiger partial charge in [0.2, 0.25) is 0 Å². The van der Waals surface area contributed by atoms with Crippen LogP contribution in [-0.2, 0) is 0 Å². The monoisotopic (exact) mass is 288 g/mol. The highest BCUT2D eigenvalue weighted by molar-refractivity contribution is 5.99. The molecule has 0 saturated heterocycles. The Labute approximate surface area is 125 Å². The molecule has 21 heavy (non-hydrogen) atoms. The first kappa shape index (κ1) is 15.6. The lowest BCUT2D eigenvalue weighted by atomic mass is 9.94. The van der Waals surface area contributed by atoms with Crippen molar-refractivity contribution in [3.63, 3.8) is 0 Å². The number of carbonyl (C=O) groups excluding carboxylic acids is 1. The fraction of sp³-hybridized carbons (Fsp3) is 0.471. The molecule has 0 aliphatic heterocycles. The molecule has 1 amide bonds. The van der Waals surface area contributed by atoms with Crippen molar-refractivity contribution >= 4 is 16.8 Å². The van der Waals surface area contributed by atoms with Gasteiger partial charge in [-0.25, -0.2) is 0 Å². The number of aromatic amines is 1. The van der Waals surface area contributed by atoms with Crippen molar-refractivity contribution in [1.82, 2.24) is 10.3 Å². The van der Waals surface area contributed by atoms with Gasteiger partial charge in [-0.05, 0) is 56.9 Å². The van der Waals surface area contributed by atoms with Gasteiger partial charge in [0.15, 0.2) is 0 Å². The fourth-order valence-corrected chi connectivity index (χ4v) is 2.50. The average molecular weight is 288 g/mol. The Morgan fingerprint density at radius 1 is 1.38 bits per heavy atom. The standard InChI is InChI=1S/C17H24N2O2/c1-5-17(4,8-9-20)19-16(21)15-10-13-12(3)11(2)6-7-14(13)18-15/h6-7,10,18,20H,5,8-9H2,1-4H3,(H,19,21). The Morgan fingerprint density at radius 3 is 2.71 bits per heavy atom. The summed E-state index contributed by atoms with van der Waals surface area (Å²) in [5.41, 5.74) is 3.57. The number of hydrogen-bond acceptors (Lipinski definition) is 2. The number of benzene rings is 1. The molecule has 1 heterocycles. The Kier molecular flexibility index (Phi) is 4.37. The van der Waals surface area contributed by atoms with Gasteiger partial charge in [0.05, 0.1) is 0 Å². The molecule has 0 radical (unpaired) electrons. The van der Waals surface area contributed by atoms with Crippen LogP contribution in [0, 0.1) is 13.8 Å². The summed E-state index contributed by atoms with van der Waals surface area (Å²) in [7, 11) is 0. The highest BCUT2D eigenvalue weighted by Gasteiger charge is 2.25. The second kappa shape index (κ2) is 5.90. The van der Waals surface area contributed by atoms with Crippen LogP contribution in [0.15, 0.2) is 18.2 Å². The summed E-state index contributed by atoms with van der Waals surface area (Å²) in [5.74, 6) is -0.124. The highest BCUT2D eigenvalue weighted by Crippen LogP contribution is 2.23. The molecule has 0 bridgehead atoms. The minimum absolute atomic E-state index is 0.0651. The first-order valence-corrected chi connectivity index (χ1v) is 7.42. The summed E-state index contributed by atoms with van der Waals surface area (Å²) in [5, 5.41) is 13.2. The minimum Gasteiger partial charge on any atom is -0.396 e. The van der Waals surface area contributed by atoms with Gasteiger partial charge in [0.25, 0.3) is 5.91 Å².